The van der Waals surface area contributed by atoms with Crippen LogP contribution in [0.3, 0.4) is 0 Å². The molecule has 0 aromatic rings. The van der Waals surface area contributed by atoms with E-state index in [0.29, 0.717) is 25.7 Å². The number of aliphatic hydroxyl groups is 3. The summed E-state index contributed by atoms with van der Waals surface area (Å²) >= 11 is 0. The van der Waals surface area contributed by atoms with Crippen molar-refractivity contribution in [2.45, 2.75) is 200 Å². The van der Waals surface area contributed by atoms with E-state index in [0.717, 1.165) is 57.3 Å². The van der Waals surface area contributed by atoms with Crippen molar-refractivity contribution in [3.8, 4) is 0 Å². The van der Waals surface area contributed by atoms with Crippen molar-refractivity contribution in [3.05, 3.63) is 12.2 Å². The summed E-state index contributed by atoms with van der Waals surface area (Å²) in [6, 6.07) is 0. The molecular weight excluding hydrogens is 568 g/mol. The highest BCUT2D eigenvalue weighted by Gasteiger charge is 2.16. The molecule has 0 saturated carbocycles. The van der Waals surface area contributed by atoms with Crippen molar-refractivity contribution in [1.29, 1.82) is 0 Å². The van der Waals surface area contributed by atoms with E-state index in [4.69, 9.17) is 9.47 Å². The number of hydrogen-bond acceptors (Lipinski definition) is 7. The fourth-order valence-electron chi connectivity index (χ4n) is 5.38. The van der Waals surface area contributed by atoms with Crippen LogP contribution < -0.4 is 0 Å². The van der Waals surface area contributed by atoms with Crippen LogP contribution in [0.2, 0.25) is 0 Å². The van der Waals surface area contributed by atoms with Crippen LogP contribution in [0.4, 0.5) is 0 Å². The summed E-state index contributed by atoms with van der Waals surface area (Å²) in [4.78, 5) is 24.2. The second kappa shape index (κ2) is 32.5. The fraction of sp³-hybridized carbons (Fsp3) is 0.895. The molecule has 0 heterocycles. The van der Waals surface area contributed by atoms with Gasteiger partial charge < -0.3 is 24.8 Å². The van der Waals surface area contributed by atoms with Crippen molar-refractivity contribution in [2.75, 3.05) is 13.2 Å². The zero-order valence-electron chi connectivity index (χ0n) is 29.5. The monoisotopic (exact) mass is 641 g/mol. The van der Waals surface area contributed by atoms with Crippen molar-refractivity contribution in [2.24, 2.45) is 5.92 Å². The standard InChI is InChI=1S/C38H72O7/c1-4-6-7-8-17-22-27-35(40)36(41)28-23-18-15-20-25-30-38(43)45-34(31-39)32-44-37(42)29-24-19-14-12-10-9-11-13-16-21-26-33(3)5-2/h17,22,33-36,39-41H,4-16,18-21,23-32H2,1-3H3/b22-17-/t33?,34-,35-,36-/m0/s1. The number of carbonyl (C=O) groups is 2. The second-order valence-corrected chi connectivity index (χ2v) is 13.2. The van der Waals surface area contributed by atoms with Gasteiger partial charge in [-0.2, -0.15) is 0 Å². The summed E-state index contributed by atoms with van der Waals surface area (Å²) in [5, 5.41) is 29.8. The number of hydrogen-bond donors (Lipinski definition) is 3. The molecule has 266 valence electrons. The highest BCUT2D eigenvalue weighted by atomic mass is 16.6. The summed E-state index contributed by atoms with van der Waals surface area (Å²) in [6.45, 7) is 6.30. The van der Waals surface area contributed by atoms with Gasteiger partial charge in [-0.3, -0.25) is 9.59 Å². The van der Waals surface area contributed by atoms with Gasteiger partial charge in [0.2, 0.25) is 0 Å². The van der Waals surface area contributed by atoms with Crippen LogP contribution >= 0.6 is 0 Å². The van der Waals surface area contributed by atoms with Gasteiger partial charge in [0.25, 0.3) is 0 Å². The Morgan fingerprint density at radius 1 is 0.644 bits per heavy atom. The lowest BCUT2D eigenvalue weighted by Crippen LogP contribution is -2.28. The van der Waals surface area contributed by atoms with Gasteiger partial charge in [0.15, 0.2) is 6.10 Å². The van der Waals surface area contributed by atoms with Gasteiger partial charge in [-0.15, -0.1) is 0 Å². The number of allylic oxidation sites excluding steroid dienone is 1. The Morgan fingerprint density at radius 2 is 1.18 bits per heavy atom. The maximum atomic E-state index is 12.2. The van der Waals surface area contributed by atoms with E-state index in [-0.39, 0.29) is 25.6 Å². The first-order chi connectivity index (χ1) is 21.8. The predicted molar refractivity (Wildman–Crippen MR) is 185 cm³/mol. The number of esters is 2. The highest BCUT2D eigenvalue weighted by Crippen LogP contribution is 2.16. The van der Waals surface area contributed by atoms with Crippen molar-refractivity contribution < 1.29 is 34.4 Å². The van der Waals surface area contributed by atoms with Crippen LogP contribution in [0.5, 0.6) is 0 Å². The molecule has 0 aliphatic heterocycles. The molecule has 45 heavy (non-hydrogen) atoms. The third-order valence-electron chi connectivity index (χ3n) is 8.80. The molecule has 0 amide bonds. The third-order valence-corrected chi connectivity index (χ3v) is 8.80. The van der Waals surface area contributed by atoms with Crippen LogP contribution in [0, 0.1) is 5.92 Å². The number of aliphatic hydroxyl groups excluding tert-OH is 3. The molecule has 0 rings (SSSR count). The molecule has 7 heteroatoms. The lowest BCUT2D eigenvalue weighted by Gasteiger charge is -2.16. The average molecular weight is 641 g/mol. The number of rotatable bonds is 33. The minimum absolute atomic E-state index is 0.110. The van der Waals surface area contributed by atoms with E-state index in [1.165, 1.54) is 77.0 Å². The fourth-order valence-corrected chi connectivity index (χ4v) is 5.38. The van der Waals surface area contributed by atoms with E-state index >= 15 is 0 Å². The predicted octanol–water partition coefficient (Wildman–Crippen LogP) is 9.14. The Labute approximate surface area is 276 Å². The smallest absolute Gasteiger partial charge is 0.306 e. The first-order valence-electron chi connectivity index (χ1n) is 18.8. The summed E-state index contributed by atoms with van der Waals surface area (Å²) in [7, 11) is 0. The minimum atomic E-state index is -0.824. The SMILES string of the molecule is CCCCC/C=C\C[C@H](O)[C@@H](O)CCCCCCCC(=O)O[C@@H](CO)COC(=O)CCCCCCCCCCCCC(C)CC. The van der Waals surface area contributed by atoms with Gasteiger partial charge in [0.05, 0.1) is 18.8 Å². The highest BCUT2D eigenvalue weighted by molar-refractivity contribution is 5.70. The van der Waals surface area contributed by atoms with Crippen LogP contribution in [0.15, 0.2) is 12.2 Å². The number of ether oxygens (including phenoxy) is 2. The quantitative estimate of drug-likeness (QED) is 0.0372. The van der Waals surface area contributed by atoms with Crippen LogP contribution in [0.25, 0.3) is 0 Å². The van der Waals surface area contributed by atoms with Crippen molar-refractivity contribution in [1.82, 2.24) is 0 Å². The molecule has 0 spiro atoms. The molecule has 1 unspecified atom stereocenters. The molecule has 0 aromatic heterocycles. The molecule has 0 saturated heterocycles. The van der Waals surface area contributed by atoms with E-state index < -0.39 is 24.3 Å². The van der Waals surface area contributed by atoms with E-state index in [1.54, 1.807) is 0 Å². The van der Waals surface area contributed by atoms with E-state index in [1.807, 2.05) is 6.08 Å². The molecule has 0 bridgehead atoms. The number of unbranched alkanes of at least 4 members (excludes halogenated alkanes) is 16. The first kappa shape index (κ1) is 43.6. The average Bonchev–Trinajstić information content (AvgIpc) is 3.04. The van der Waals surface area contributed by atoms with E-state index in [9.17, 15) is 24.9 Å². The normalized spacial score (nSPS) is 14.4. The summed E-state index contributed by atoms with van der Waals surface area (Å²) < 4.78 is 10.5. The molecule has 0 aliphatic carbocycles. The largest absolute Gasteiger partial charge is 0.462 e. The van der Waals surface area contributed by atoms with Crippen molar-refractivity contribution in [3.63, 3.8) is 0 Å². The molecule has 0 fully saturated rings. The Kier molecular flexibility index (Phi) is 31.5. The van der Waals surface area contributed by atoms with Gasteiger partial charge in [-0.1, -0.05) is 142 Å². The van der Waals surface area contributed by atoms with Gasteiger partial charge >= 0.3 is 11.9 Å². The van der Waals surface area contributed by atoms with E-state index in [2.05, 4.69) is 26.8 Å². The Morgan fingerprint density at radius 3 is 1.73 bits per heavy atom. The molecule has 7 nitrogen and oxygen atoms in total. The van der Waals surface area contributed by atoms with Crippen molar-refractivity contribution >= 4 is 11.9 Å². The number of carbonyl (C=O) groups excluding carboxylic acids is 2. The minimum Gasteiger partial charge on any atom is -0.462 e. The van der Waals surface area contributed by atoms with Gasteiger partial charge in [-0.05, 0) is 44.4 Å². The Balaban J connectivity index is 3.70. The molecule has 0 aliphatic rings. The van der Waals surface area contributed by atoms with Crippen LogP contribution in [0.1, 0.15) is 181 Å². The topological polar surface area (TPSA) is 113 Å². The molecule has 3 N–H and O–H groups in total. The summed E-state index contributed by atoms with van der Waals surface area (Å²) in [5.41, 5.74) is 0. The molecular formula is C38H72O7. The second-order valence-electron chi connectivity index (χ2n) is 13.2. The Bertz CT molecular complexity index is 696. The molecule has 0 radical (unpaired) electrons. The lowest BCUT2D eigenvalue weighted by atomic mass is 9.99. The van der Waals surface area contributed by atoms with Gasteiger partial charge in [0.1, 0.15) is 6.61 Å². The molecule has 4 atom stereocenters. The first-order valence-corrected chi connectivity index (χ1v) is 18.8. The summed E-state index contributed by atoms with van der Waals surface area (Å²) in [6.07, 6.45) is 27.2. The Hall–Kier alpha value is -1.44. The van der Waals surface area contributed by atoms with Gasteiger partial charge in [0, 0.05) is 12.8 Å². The maximum absolute atomic E-state index is 12.2. The van der Waals surface area contributed by atoms with Gasteiger partial charge in [-0.25, -0.2) is 0 Å². The van der Waals surface area contributed by atoms with Crippen LogP contribution in [-0.2, 0) is 19.1 Å². The maximum Gasteiger partial charge on any atom is 0.306 e. The zero-order valence-corrected chi connectivity index (χ0v) is 29.5. The lowest BCUT2D eigenvalue weighted by molar-refractivity contribution is -0.161. The third kappa shape index (κ3) is 29.7. The van der Waals surface area contributed by atoms with Crippen LogP contribution in [-0.4, -0.2) is 58.8 Å². The summed E-state index contributed by atoms with van der Waals surface area (Å²) in [5.74, 6) is 0.169. The molecule has 0 aromatic carbocycles. The zero-order chi connectivity index (χ0) is 33.4.